The Balaban J connectivity index is 2.03. The van der Waals surface area contributed by atoms with E-state index in [1.54, 1.807) is 44.3 Å². The molecule has 3 aromatic rings. The highest BCUT2D eigenvalue weighted by Gasteiger charge is 2.24. The normalized spacial score (nSPS) is 10.7. The summed E-state index contributed by atoms with van der Waals surface area (Å²) in [4.78, 5) is 14.3. The molecule has 6 heteroatoms. The maximum Gasteiger partial charge on any atom is 0.258 e. The summed E-state index contributed by atoms with van der Waals surface area (Å²) in [6.45, 7) is 1.78. The van der Waals surface area contributed by atoms with Gasteiger partial charge in [0.1, 0.15) is 11.4 Å². The standard InChI is InChI=1S/C18H14Cl2N2O2/c1-11-16(17(24-21-11)14-5-3-4-6-15(14)20)22(2)18(23)12-7-9-13(19)10-8-12/h3-10H,1-2H3. The van der Waals surface area contributed by atoms with Crippen molar-refractivity contribution in [2.45, 2.75) is 6.92 Å². The number of amides is 1. The Bertz CT molecular complexity index is 888. The Kier molecular flexibility index (Phi) is 4.60. The molecule has 0 saturated carbocycles. The summed E-state index contributed by atoms with van der Waals surface area (Å²) < 4.78 is 5.44. The minimum atomic E-state index is -0.189. The molecule has 0 bridgehead atoms. The average molecular weight is 361 g/mol. The molecule has 0 saturated heterocycles. The number of nitrogens with zero attached hydrogens (tertiary/aromatic N) is 2. The van der Waals surface area contributed by atoms with Crippen molar-refractivity contribution in [2.24, 2.45) is 0 Å². The molecule has 24 heavy (non-hydrogen) atoms. The summed E-state index contributed by atoms with van der Waals surface area (Å²) in [6, 6.07) is 14.0. The molecule has 1 heterocycles. The maximum atomic E-state index is 12.8. The zero-order valence-electron chi connectivity index (χ0n) is 13.1. The van der Waals surface area contributed by atoms with Crippen molar-refractivity contribution in [1.82, 2.24) is 5.16 Å². The van der Waals surface area contributed by atoms with Crippen LogP contribution < -0.4 is 4.90 Å². The second-order valence-electron chi connectivity index (χ2n) is 5.30. The molecule has 0 atom stereocenters. The number of hydrogen-bond donors (Lipinski definition) is 0. The van der Waals surface area contributed by atoms with Gasteiger partial charge in [-0.2, -0.15) is 0 Å². The van der Waals surface area contributed by atoms with Gasteiger partial charge in [0.15, 0.2) is 5.76 Å². The Hall–Kier alpha value is -2.30. The van der Waals surface area contributed by atoms with Crippen LogP contribution in [0.3, 0.4) is 0 Å². The van der Waals surface area contributed by atoms with E-state index < -0.39 is 0 Å². The predicted octanol–water partition coefficient (Wildman–Crippen LogP) is 5.23. The van der Waals surface area contributed by atoms with Gasteiger partial charge in [0, 0.05) is 23.2 Å². The monoisotopic (exact) mass is 360 g/mol. The van der Waals surface area contributed by atoms with Crippen molar-refractivity contribution in [1.29, 1.82) is 0 Å². The number of aromatic nitrogens is 1. The quantitative estimate of drug-likeness (QED) is 0.641. The number of aryl methyl sites for hydroxylation is 1. The number of carbonyl (C=O) groups is 1. The van der Waals surface area contributed by atoms with Crippen LogP contribution in [0, 0.1) is 6.92 Å². The van der Waals surface area contributed by atoms with Crippen LogP contribution in [-0.4, -0.2) is 18.1 Å². The summed E-state index contributed by atoms with van der Waals surface area (Å²) >= 11 is 12.1. The average Bonchev–Trinajstić information content (AvgIpc) is 2.96. The lowest BCUT2D eigenvalue weighted by atomic mass is 10.1. The minimum absolute atomic E-state index is 0.189. The highest BCUT2D eigenvalue weighted by molar-refractivity contribution is 6.33. The van der Waals surface area contributed by atoms with Crippen LogP contribution in [0.5, 0.6) is 0 Å². The number of hydrogen-bond acceptors (Lipinski definition) is 3. The van der Waals surface area contributed by atoms with Crippen molar-refractivity contribution < 1.29 is 9.32 Å². The Morgan fingerprint density at radius 3 is 2.42 bits per heavy atom. The minimum Gasteiger partial charge on any atom is -0.354 e. The van der Waals surface area contributed by atoms with Gasteiger partial charge in [0.25, 0.3) is 5.91 Å². The van der Waals surface area contributed by atoms with Crippen LogP contribution in [-0.2, 0) is 0 Å². The third-order valence-corrected chi connectivity index (χ3v) is 4.26. The van der Waals surface area contributed by atoms with Crippen molar-refractivity contribution in [3.63, 3.8) is 0 Å². The highest BCUT2D eigenvalue weighted by Crippen LogP contribution is 2.37. The van der Waals surface area contributed by atoms with Crippen LogP contribution in [0.25, 0.3) is 11.3 Å². The topological polar surface area (TPSA) is 46.3 Å². The Morgan fingerprint density at radius 1 is 1.08 bits per heavy atom. The lowest BCUT2D eigenvalue weighted by Gasteiger charge is -2.17. The summed E-state index contributed by atoms with van der Waals surface area (Å²) in [6.07, 6.45) is 0. The molecular weight excluding hydrogens is 347 g/mol. The molecular formula is C18H14Cl2N2O2. The molecule has 0 fully saturated rings. The van der Waals surface area contributed by atoms with E-state index >= 15 is 0 Å². The first kappa shape index (κ1) is 16.6. The zero-order valence-corrected chi connectivity index (χ0v) is 14.6. The molecule has 2 aromatic carbocycles. The number of anilines is 1. The number of halogens is 2. The first-order valence-electron chi connectivity index (χ1n) is 7.24. The van der Waals surface area contributed by atoms with E-state index in [0.29, 0.717) is 38.3 Å². The van der Waals surface area contributed by atoms with Crippen LogP contribution in [0.2, 0.25) is 10.0 Å². The molecule has 1 amide bonds. The van der Waals surface area contributed by atoms with Crippen molar-refractivity contribution in [3.05, 3.63) is 69.8 Å². The van der Waals surface area contributed by atoms with Gasteiger partial charge < -0.3 is 9.42 Å². The summed E-state index contributed by atoms with van der Waals surface area (Å²) in [7, 11) is 1.68. The van der Waals surface area contributed by atoms with E-state index in [4.69, 9.17) is 27.7 Å². The molecule has 0 radical (unpaired) electrons. The van der Waals surface area contributed by atoms with Gasteiger partial charge in [0.05, 0.1) is 5.02 Å². The van der Waals surface area contributed by atoms with Crippen LogP contribution in [0.1, 0.15) is 16.1 Å². The largest absolute Gasteiger partial charge is 0.354 e. The second kappa shape index (κ2) is 6.67. The predicted molar refractivity (Wildman–Crippen MR) is 95.9 cm³/mol. The van der Waals surface area contributed by atoms with Gasteiger partial charge in [-0.25, -0.2) is 0 Å². The zero-order chi connectivity index (χ0) is 17.3. The molecule has 0 N–H and O–H groups in total. The van der Waals surface area contributed by atoms with Gasteiger partial charge >= 0.3 is 0 Å². The van der Waals surface area contributed by atoms with Gasteiger partial charge in [-0.3, -0.25) is 4.79 Å². The third-order valence-electron chi connectivity index (χ3n) is 3.68. The number of carbonyl (C=O) groups excluding carboxylic acids is 1. The highest BCUT2D eigenvalue weighted by atomic mass is 35.5. The molecule has 0 spiro atoms. The van der Waals surface area contributed by atoms with E-state index in [0.717, 1.165) is 0 Å². The van der Waals surface area contributed by atoms with E-state index in [1.807, 2.05) is 18.2 Å². The fourth-order valence-corrected chi connectivity index (χ4v) is 2.82. The molecule has 122 valence electrons. The summed E-state index contributed by atoms with van der Waals surface area (Å²) in [5, 5.41) is 5.10. The van der Waals surface area contributed by atoms with Gasteiger partial charge in [-0.15, -0.1) is 0 Å². The van der Waals surface area contributed by atoms with E-state index in [-0.39, 0.29) is 5.91 Å². The van der Waals surface area contributed by atoms with Gasteiger partial charge in [0.2, 0.25) is 0 Å². The molecule has 1 aromatic heterocycles. The SMILES string of the molecule is Cc1noc(-c2ccccc2Cl)c1N(C)C(=O)c1ccc(Cl)cc1. The lowest BCUT2D eigenvalue weighted by Crippen LogP contribution is -2.27. The van der Waals surface area contributed by atoms with Gasteiger partial charge in [-0.05, 0) is 43.3 Å². The molecule has 0 aliphatic heterocycles. The molecule has 0 aliphatic carbocycles. The van der Waals surface area contributed by atoms with Crippen LogP contribution in [0.4, 0.5) is 5.69 Å². The van der Waals surface area contributed by atoms with Crippen molar-refractivity contribution in [3.8, 4) is 11.3 Å². The van der Waals surface area contributed by atoms with Gasteiger partial charge in [-0.1, -0.05) is 40.5 Å². The maximum absolute atomic E-state index is 12.8. The summed E-state index contributed by atoms with van der Waals surface area (Å²) in [5.74, 6) is 0.272. The fourth-order valence-electron chi connectivity index (χ4n) is 2.47. The van der Waals surface area contributed by atoms with E-state index in [9.17, 15) is 4.79 Å². The smallest absolute Gasteiger partial charge is 0.258 e. The summed E-state index contributed by atoms with van der Waals surface area (Å²) in [5.41, 5.74) is 2.40. The van der Waals surface area contributed by atoms with Crippen LogP contribution >= 0.6 is 23.2 Å². The number of rotatable bonds is 3. The fraction of sp³-hybridized carbons (Fsp3) is 0.111. The third kappa shape index (κ3) is 3.03. The van der Waals surface area contributed by atoms with E-state index in [1.165, 1.54) is 4.90 Å². The Morgan fingerprint density at radius 2 is 1.75 bits per heavy atom. The van der Waals surface area contributed by atoms with E-state index in [2.05, 4.69) is 5.16 Å². The van der Waals surface area contributed by atoms with Crippen LogP contribution in [0.15, 0.2) is 53.1 Å². The molecule has 4 nitrogen and oxygen atoms in total. The molecule has 0 unspecified atom stereocenters. The first-order chi connectivity index (χ1) is 11.5. The molecule has 3 rings (SSSR count). The molecule has 0 aliphatic rings. The first-order valence-corrected chi connectivity index (χ1v) is 7.99. The second-order valence-corrected chi connectivity index (χ2v) is 6.14. The van der Waals surface area contributed by atoms with Crippen molar-refractivity contribution >= 4 is 34.8 Å². The number of benzene rings is 2. The Labute approximate surface area is 149 Å². The lowest BCUT2D eigenvalue weighted by molar-refractivity contribution is 0.0993. The van der Waals surface area contributed by atoms with Crippen molar-refractivity contribution in [2.75, 3.05) is 11.9 Å².